The number of halogens is 1. The lowest BCUT2D eigenvalue weighted by molar-refractivity contribution is -0.0456. The molecular weight excluding hydrogens is 300 g/mol. The van der Waals surface area contributed by atoms with Crippen molar-refractivity contribution in [3.05, 3.63) is 53.8 Å². The Morgan fingerprint density at radius 2 is 1.95 bits per heavy atom. The molecule has 1 unspecified atom stereocenters. The number of ether oxygens (including phenoxy) is 2. The van der Waals surface area contributed by atoms with Crippen molar-refractivity contribution in [3.63, 3.8) is 0 Å². The Hall–Kier alpha value is -1.94. The summed E-state index contributed by atoms with van der Waals surface area (Å²) in [6.45, 7) is 8.13. The van der Waals surface area contributed by atoms with Crippen molar-refractivity contribution in [3.8, 4) is 5.75 Å². The molecule has 0 aliphatic heterocycles. The number of nitrogens with zero attached hydrogens (tertiary/aromatic N) is 2. The van der Waals surface area contributed by atoms with Crippen molar-refractivity contribution in [1.82, 2.24) is 9.55 Å². The van der Waals surface area contributed by atoms with Crippen LogP contribution >= 0.6 is 11.6 Å². The Morgan fingerprint density at radius 1 is 1.27 bits per heavy atom. The molecule has 0 aliphatic carbocycles. The summed E-state index contributed by atoms with van der Waals surface area (Å²) >= 11 is 5.87. The minimum Gasteiger partial charge on any atom is -0.457 e. The van der Waals surface area contributed by atoms with Crippen molar-refractivity contribution < 1.29 is 9.47 Å². The molecule has 0 radical (unpaired) electrons. The predicted molar refractivity (Wildman–Crippen MR) is 88.6 cm³/mol. The Balaban J connectivity index is 2.08. The van der Waals surface area contributed by atoms with Crippen LogP contribution in [0.3, 0.4) is 0 Å². The number of allylic oxidation sites excluding steroid dienone is 1. The normalized spacial score (nSPS) is 13.8. The van der Waals surface area contributed by atoms with Crippen molar-refractivity contribution in [1.29, 1.82) is 0 Å². The van der Waals surface area contributed by atoms with Gasteiger partial charge in [-0.15, -0.1) is 0 Å². The SMILES string of the molecule is CC(O/C(=C/n1ccnc1)C(C)(C)C)Oc1ccc(Cl)cc1. The average Bonchev–Trinajstić information content (AvgIpc) is 2.92. The molecule has 0 N–H and O–H groups in total. The molecule has 0 aliphatic rings. The van der Waals surface area contributed by atoms with Crippen LogP contribution in [0, 0.1) is 5.41 Å². The summed E-state index contributed by atoms with van der Waals surface area (Å²) in [5.41, 5.74) is -0.151. The lowest BCUT2D eigenvalue weighted by Gasteiger charge is -2.27. The Labute approximate surface area is 136 Å². The molecule has 0 saturated heterocycles. The van der Waals surface area contributed by atoms with Crippen molar-refractivity contribution in [2.75, 3.05) is 0 Å². The van der Waals surface area contributed by atoms with E-state index in [9.17, 15) is 0 Å². The average molecular weight is 321 g/mol. The molecule has 1 aromatic carbocycles. The van der Waals surface area contributed by atoms with Gasteiger partial charge in [-0.3, -0.25) is 0 Å². The number of hydrogen-bond donors (Lipinski definition) is 0. The highest BCUT2D eigenvalue weighted by Gasteiger charge is 2.22. The largest absolute Gasteiger partial charge is 0.457 e. The van der Waals surface area contributed by atoms with Crippen LogP contribution in [0.5, 0.6) is 5.75 Å². The summed E-state index contributed by atoms with van der Waals surface area (Å²) in [4.78, 5) is 4.03. The molecule has 0 bridgehead atoms. The molecule has 1 heterocycles. The smallest absolute Gasteiger partial charge is 0.238 e. The summed E-state index contributed by atoms with van der Waals surface area (Å²) in [5, 5.41) is 0.677. The van der Waals surface area contributed by atoms with Crippen molar-refractivity contribution in [2.45, 2.75) is 34.0 Å². The molecule has 2 rings (SSSR count). The molecule has 0 saturated carbocycles. The van der Waals surface area contributed by atoms with Gasteiger partial charge < -0.3 is 14.0 Å². The fraction of sp³-hybridized carbons (Fsp3) is 0.353. The summed E-state index contributed by atoms with van der Waals surface area (Å²) in [6.07, 6.45) is 6.80. The first-order valence-electron chi connectivity index (χ1n) is 7.13. The lowest BCUT2D eigenvalue weighted by atomic mass is 9.94. The molecular formula is C17H21ClN2O2. The first-order valence-corrected chi connectivity index (χ1v) is 7.51. The van der Waals surface area contributed by atoms with Crippen LogP contribution in [-0.4, -0.2) is 15.8 Å². The second kappa shape index (κ2) is 6.88. The molecule has 0 spiro atoms. The third-order valence-corrected chi connectivity index (χ3v) is 3.19. The molecule has 5 heteroatoms. The monoisotopic (exact) mass is 320 g/mol. The highest BCUT2D eigenvalue weighted by atomic mass is 35.5. The highest BCUT2D eigenvalue weighted by Crippen LogP contribution is 2.28. The molecule has 118 valence electrons. The maximum atomic E-state index is 5.98. The van der Waals surface area contributed by atoms with E-state index in [1.807, 2.05) is 36.0 Å². The van der Waals surface area contributed by atoms with Crippen LogP contribution in [0.25, 0.3) is 6.20 Å². The van der Waals surface area contributed by atoms with Crippen molar-refractivity contribution >= 4 is 17.8 Å². The number of hydrogen-bond acceptors (Lipinski definition) is 3. The van der Waals surface area contributed by atoms with Crippen LogP contribution in [0.2, 0.25) is 5.02 Å². The van der Waals surface area contributed by atoms with Crippen LogP contribution in [0.15, 0.2) is 48.7 Å². The lowest BCUT2D eigenvalue weighted by Crippen LogP contribution is -2.22. The van der Waals surface area contributed by atoms with E-state index < -0.39 is 6.29 Å². The topological polar surface area (TPSA) is 36.3 Å². The predicted octanol–water partition coefficient (Wildman–Crippen LogP) is 4.82. The van der Waals surface area contributed by atoms with Gasteiger partial charge in [-0.1, -0.05) is 32.4 Å². The van der Waals surface area contributed by atoms with Gasteiger partial charge in [-0.05, 0) is 24.3 Å². The third kappa shape index (κ3) is 4.81. The van der Waals surface area contributed by atoms with E-state index in [0.717, 1.165) is 5.76 Å². The second-order valence-corrected chi connectivity index (χ2v) is 6.45. The maximum Gasteiger partial charge on any atom is 0.238 e. The first kappa shape index (κ1) is 16.4. The van der Waals surface area contributed by atoms with Gasteiger partial charge in [-0.25, -0.2) is 4.98 Å². The van der Waals surface area contributed by atoms with Gasteiger partial charge in [0.15, 0.2) is 0 Å². The number of aromatic nitrogens is 2. The number of rotatable bonds is 5. The maximum absolute atomic E-state index is 5.98. The standard InChI is InChI=1S/C17H21ClN2O2/c1-13(21-15-7-5-14(18)6-8-15)22-16(17(2,3)4)11-20-10-9-19-12-20/h5-13H,1-4H3/b16-11+. The molecule has 22 heavy (non-hydrogen) atoms. The van der Waals surface area contributed by atoms with Crippen LogP contribution < -0.4 is 4.74 Å². The molecule has 4 nitrogen and oxygen atoms in total. The quantitative estimate of drug-likeness (QED) is 0.585. The molecule has 0 fully saturated rings. The Kier molecular flexibility index (Phi) is 5.14. The minimum atomic E-state index is -0.421. The Morgan fingerprint density at radius 3 is 2.50 bits per heavy atom. The van der Waals surface area contributed by atoms with E-state index >= 15 is 0 Å². The van der Waals surface area contributed by atoms with Gasteiger partial charge in [0, 0.05) is 36.0 Å². The summed E-state index contributed by atoms with van der Waals surface area (Å²) in [7, 11) is 0. The van der Waals surface area contributed by atoms with E-state index in [2.05, 4.69) is 25.8 Å². The fourth-order valence-corrected chi connectivity index (χ4v) is 1.92. The minimum absolute atomic E-state index is 0.151. The van der Waals surface area contributed by atoms with Crippen LogP contribution in [-0.2, 0) is 4.74 Å². The molecule has 0 amide bonds. The number of imidazole rings is 1. The number of benzene rings is 1. The van der Waals surface area contributed by atoms with Gasteiger partial charge >= 0.3 is 0 Å². The summed E-state index contributed by atoms with van der Waals surface area (Å²) in [5.74, 6) is 1.53. The van der Waals surface area contributed by atoms with E-state index in [1.54, 1.807) is 24.7 Å². The van der Waals surface area contributed by atoms with Crippen LogP contribution in [0.4, 0.5) is 0 Å². The molecule has 1 aromatic heterocycles. The third-order valence-electron chi connectivity index (χ3n) is 2.94. The highest BCUT2D eigenvalue weighted by molar-refractivity contribution is 6.30. The zero-order valence-corrected chi connectivity index (χ0v) is 14.0. The zero-order valence-electron chi connectivity index (χ0n) is 13.3. The second-order valence-electron chi connectivity index (χ2n) is 6.01. The van der Waals surface area contributed by atoms with Gasteiger partial charge in [-0.2, -0.15) is 0 Å². The van der Waals surface area contributed by atoms with Crippen LogP contribution in [0.1, 0.15) is 27.7 Å². The molecule has 1 atom stereocenters. The molecule has 2 aromatic rings. The van der Waals surface area contributed by atoms with Gasteiger partial charge in [0.1, 0.15) is 11.5 Å². The van der Waals surface area contributed by atoms with Crippen molar-refractivity contribution in [2.24, 2.45) is 5.41 Å². The zero-order chi connectivity index (χ0) is 16.2. The van der Waals surface area contributed by atoms with E-state index in [0.29, 0.717) is 10.8 Å². The van der Waals surface area contributed by atoms with Gasteiger partial charge in [0.05, 0.1) is 6.33 Å². The summed E-state index contributed by atoms with van der Waals surface area (Å²) < 4.78 is 13.6. The van der Waals surface area contributed by atoms with E-state index in [1.165, 1.54) is 0 Å². The fourth-order valence-electron chi connectivity index (χ4n) is 1.79. The summed E-state index contributed by atoms with van der Waals surface area (Å²) in [6, 6.07) is 7.21. The Bertz CT molecular complexity index is 613. The van der Waals surface area contributed by atoms with E-state index in [-0.39, 0.29) is 5.41 Å². The van der Waals surface area contributed by atoms with Gasteiger partial charge in [0.2, 0.25) is 6.29 Å². The van der Waals surface area contributed by atoms with E-state index in [4.69, 9.17) is 21.1 Å². The van der Waals surface area contributed by atoms with Gasteiger partial charge in [0.25, 0.3) is 0 Å². The first-order chi connectivity index (χ1) is 10.3.